The van der Waals surface area contributed by atoms with Crippen LogP contribution in [0.3, 0.4) is 0 Å². The van der Waals surface area contributed by atoms with Gasteiger partial charge in [-0.05, 0) is 56.1 Å². The van der Waals surface area contributed by atoms with Gasteiger partial charge in [-0.2, -0.15) is 5.10 Å². The first kappa shape index (κ1) is 41.3. The van der Waals surface area contributed by atoms with E-state index in [1.54, 1.807) is 17.9 Å². The minimum absolute atomic E-state index is 0.0207. The van der Waals surface area contributed by atoms with Crippen molar-refractivity contribution < 1.29 is 28.2 Å². The maximum Gasteiger partial charge on any atom is 0.308 e. The molecule has 2 fully saturated rings. The summed E-state index contributed by atoms with van der Waals surface area (Å²) in [6, 6.07) is -0.133. The molecule has 0 radical (unpaired) electrons. The number of halogens is 2. The van der Waals surface area contributed by atoms with Crippen LogP contribution < -0.4 is 10.7 Å². The fourth-order valence-corrected chi connectivity index (χ4v) is 5.52. The Hall–Kier alpha value is -3.68. The van der Waals surface area contributed by atoms with Gasteiger partial charge in [0, 0.05) is 6.54 Å². The minimum Gasteiger partial charge on any atom is -0.469 e. The fraction of sp³-hybridized carbons (Fsp3) is 0.556. The van der Waals surface area contributed by atoms with Crippen LogP contribution in [0.4, 0.5) is 4.39 Å². The number of carbonyl (C=O) groups excluding carboxylic acids is 3. The number of likely N-dealkylation sites (tertiary alicyclic amines) is 1. The van der Waals surface area contributed by atoms with Crippen LogP contribution in [0.2, 0.25) is 0 Å². The number of carbonyl (C=O) groups is 3. The Morgan fingerprint density at radius 3 is 2.38 bits per heavy atom. The zero-order valence-corrected chi connectivity index (χ0v) is 29.3. The molecule has 0 aromatic carbocycles. The predicted molar refractivity (Wildman–Crippen MR) is 187 cm³/mol. The molecule has 11 heteroatoms. The molecule has 1 aliphatic carbocycles. The number of terminal acetylenes is 1. The summed E-state index contributed by atoms with van der Waals surface area (Å²) in [7, 11) is 1.40. The zero-order valence-electron chi connectivity index (χ0n) is 28.6. The van der Waals surface area contributed by atoms with Crippen LogP contribution in [0.5, 0.6) is 0 Å². The third-order valence-electron chi connectivity index (χ3n) is 8.23. The second kappa shape index (κ2) is 22.0. The van der Waals surface area contributed by atoms with Gasteiger partial charge in [0.2, 0.25) is 5.91 Å². The summed E-state index contributed by atoms with van der Waals surface area (Å²) in [5.74, 6) is -0.0886. The molecule has 0 bridgehead atoms. The molecular formula is C36H52ClFN4O5. The highest BCUT2D eigenvalue weighted by Gasteiger charge is 2.36. The largest absolute Gasteiger partial charge is 0.469 e. The lowest BCUT2D eigenvalue weighted by molar-refractivity contribution is -0.148. The van der Waals surface area contributed by atoms with Gasteiger partial charge in [-0.3, -0.25) is 14.4 Å². The monoisotopic (exact) mass is 674 g/mol. The molecule has 2 amide bonds. The SMILES string of the molecule is C#CC(C=C)/C(=N\NCC=C)C(=O)N/C(=C/C(F)=C(\CC)CC(=O)N1CCC(C)C1COC1CCC(C(=O)OC)CC1)C(=C)Cl.CC. The number of hydrogen-bond acceptors (Lipinski definition) is 7. The van der Waals surface area contributed by atoms with E-state index in [2.05, 4.69) is 48.4 Å². The molecule has 3 unspecified atom stereocenters. The number of rotatable bonds is 16. The lowest BCUT2D eigenvalue weighted by Crippen LogP contribution is -2.42. The van der Waals surface area contributed by atoms with Gasteiger partial charge in [0.25, 0.3) is 5.91 Å². The second-order valence-electron chi connectivity index (χ2n) is 11.2. The van der Waals surface area contributed by atoms with Crippen LogP contribution in [-0.2, 0) is 23.9 Å². The van der Waals surface area contributed by atoms with Crippen molar-refractivity contribution in [2.75, 3.05) is 26.8 Å². The summed E-state index contributed by atoms with van der Waals surface area (Å²) in [5, 5.41) is 6.44. The lowest BCUT2D eigenvalue weighted by Gasteiger charge is -2.31. The molecule has 0 spiro atoms. The number of amides is 2. The van der Waals surface area contributed by atoms with Crippen molar-refractivity contribution in [3.05, 3.63) is 60.1 Å². The van der Waals surface area contributed by atoms with E-state index in [1.165, 1.54) is 13.2 Å². The second-order valence-corrected chi connectivity index (χ2v) is 11.6. The highest BCUT2D eigenvalue weighted by molar-refractivity contribution is 6.41. The Balaban J connectivity index is 0.00000541. The molecule has 1 saturated carbocycles. The number of hydrogen-bond donors (Lipinski definition) is 2. The van der Waals surface area contributed by atoms with E-state index in [1.807, 2.05) is 13.8 Å². The van der Waals surface area contributed by atoms with E-state index in [0.29, 0.717) is 26.0 Å². The van der Waals surface area contributed by atoms with Crippen molar-refractivity contribution in [1.82, 2.24) is 15.6 Å². The molecule has 260 valence electrons. The first-order valence-corrected chi connectivity index (χ1v) is 16.6. The summed E-state index contributed by atoms with van der Waals surface area (Å²) < 4.78 is 26.7. The number of esters is 1. The van der Waals surface area contributed by atoms with Crippen molar-refractivity contribution in [2.24, 2.45) is 22.9 Å². The Labute approximate surface area is 285 Å². The average molecular weight is 675 g/mol. The van der Waals surface area contributed by atoms with Crippen LogP contribution in [0, 0.1) is 30.1 Å². The van der Waals surface area contributed by atoms with Crippen molar-refractivity contribution in [3.63, 3.8) is 0 Å². The standard InChI is InChI=1S/C34H46ClFN4O5.C2H6/c1-8-17-37-39-32(24(9-2)10-3)33(42)38-29(23(6)35)20-28(36)25(11-4)19-31(41)40-18-16-22(5)30(40)21-45-27-14-12-26(13-15-27)34(43)44-7;1-2/h2,8,10,20,22,24,26-27,30,37H,1,3,6,11-19,21H2,4-5,7H3,(H,38,42);1-2H3/b28-25-,29-20+,39-32+;. The molecule has 3 atom stereocenters. The number of methoxy groups -OCH3 is 1. The van der Waals surface area contributed by atoms with E-state index in [4.69, 9.17) is 27.5 Å². The molecular weight excluding hydrogens is 623 g/mol. The Kier molecular flexibility index (Phi) is 19.3. The van der Waals surface area contributed by atoms with E-state index >= 15 is 4.39 Å². The summed E-state index contributed by atoms with van der Waals surface area (Å²) >= 11 is 6.12. The smallest absolute Gasteiger partial charge is 0.308 e. The van der Waals surface area contributed by atoms with Gasteiger partial charge < -0.3 is 25.1 Å². The highest BCUT2D eigenvalue weighted by Crippen LogP contribution is 2.31. The molecule has 1 heterocycles. The number of hydrazone groups is 1. The van der Waals surface area contributed by atoms with Crippen molar-refractivity contribution in [1.29, 1.82) is 0 Å². The van der Waals surface area contributed by atoms with Crippen molar-refractivity contribution in [3.8, 4) is 12.3 Å². The van der Waals surface area contributed by atoms with E-state index in [-0.39, 0.29) is 77.3 Å². The van der Waals surface area contributed by atoms with Crippen LogP contribution >= 0.6 is 11.6 Å². The van der Waals surface area contributed by atoms with E-state index in [9.17, 15) is 14.4 Å². The Bertz CT molecular complexity index is 1250. The fourth-order valence-electron chi connectivity index (χ4n) is 5.41. The number of nitrogens with zero attached hydrogens (tertiary/aromatic N) is 2. The van der Waals surface area contributed by atoms with E-state index in [0.717, 1.165) is 25.3 Å². The summed E-state index contributed by atoms with van der Waals surface area (Å²) in [6.45, 7) is 19.9. The van der Waals surface area contributed by atoms with Gasteiger partial charge in [0.05, 0.1) is 61.4 Å². The third kappa shape index (κ3) is 12.8. The summed E-state index contributed by atoms with van der Waals surface area (Å²) in [5.41, 5.74) is 2.73. The Morgan fingerprint density at radius 2 is 1.85 bits per heavy atom. The van der Waals surface area contributed by atoms with Crippen LogP contribution in [0.25, 0.3) is 0 Å². The maximum absolute atomic E-state index is 15.6. The van der Waals surface area contributed by atoms with Crippen molar-refractivity contribution in [2.45, 2.75) is 84.8 Å². The summed E-state index contributed by atoms with van der Waals surface area (Å²) in [4.78, 5) is 40.1. The van der Waals surface area contributed by atoms with Crippen LogP contribution in [0.1, 0.15) is 72.6 Å². The van der Waals surface area contributed by atoms with Crippen LogP contribution in [-0.4, -0.2) is 67.3 Å². The normalized spacial score (nSPS) is 22.4. The highest BCUT2D eigenvalue weighted by atomic mass is 35.5. The predicted octanol–water partition coefficient (Wildman–Crippen LogP) is 6.34. The number of allylic oxidation sites excluding steroid dienone is 4. The van der Waals surface area contributed by atoms with Gasteiger partial charge >= 0.3 is 5.97 Å². The zero-order chi connectivity index (χ0) is 35.5. The number of nitrogens with one attached hydrogen (secondary N) is 2. The Morgan fingerprint density at radius 1 is 1.19 bits per heavy atom. The van der Waals surface area contributed by atoms with Crippen molar-refractivity contribution >= 4 is 35.1 Å². The van der Waals surface area contributed by atoms with E-state index < -0.39 is 17.7 Å². The van der Waals surface area contributed by atoms with Gasteiger partial charge in [0.15, 0.2) is 0 Å². The molecule has 2 rings (SSSR count). The molecule has 1 saturated heterocycles. The molecule has 0 aromatic heterocycles. The average Bonchev–Trinajstić information content (AvgIpc) is 3.45. The van der Waals surface area contributed by atoms with Crippen LogP contribution in [0.15, 0.2) is 65.2 Å². The van der Waals surface area contributed by atoms with Gasteiger partial charge in [-0.25, -0.2) is 4.39 Å². The maximum atomic E-state index is 15.6. The summed E-state index contributed by atoms with van der Waals surface area (Å²) in [6.07, 6.45) is 13.4. The topological polar surface area (TPSA) is 109 Å². The van der Waals surface area contributed by atoms with Gasteiger partial charge in [-0.15, -0.1) is 19.6 Å². The first-order valence-electron chi connectivity index (χ1n) is 16.2. The molecule has 1 aliphatic heterocycles. The first-order chi connectivity index (χ1) is 22.5. The lowest BCUT2D eigenvalue weighted by atomic mass is 9.87. The molecule has 2 aliphatic rings. The molecule has 0 aromatic rings. The number of ether oxygens (including phenoxy) is 2. The molecule has 9 nitrogen and oxygen atoms in total. The third-order valence-corrected chi connectivity index (χ3v) is 8.44. The minimum atomic E-state index is -0.828. The molecule has 47 heavy (non-hydrogen) atoms. The quantitative estimate of drug-likeness (QED) is 0.0376. The van der Waals surface area contributed by atoms with Gasteiger partial charge in [0.1, 0.15) is 11.5 Å². The molecule has 2 N–H and O–H groups in total. The van der Waals surface area contributed by atoms with Gasteiger partial charge in [-0.1, -0.05) is 63.9 Å².